The number of aromatic nitrogens is 2. The van der Waals surface area contributed by atoms with Crippen LogP contribution in [0.4, 0.5) is 5.82 Å². The summed E-state index contributed by atoms with van der Waals surface area (Å²) in [5, 5.41) is 11.2. The van der Waals surface area contributed by atoms with Gasteiger partial charge in [-0.15, -0.1) is 5.10 Å². The Kier molecular flexibility index (Phi) is 5.37. The van der Waals surface area contributed by atoms with E-state index in [4.69, 9.17) is 9.47 Å². The second-order valence-corrected chi connectivity index (χ2v) is 5.80. The molecule has 0 aliphatic carbocycles. The molecule has 0 bridgehead atoms. The summed E-state index contributed by atoms with van der Waals surface area (Å²) in [7, 11) is 0. The van der Waals surface area contributed by atoms with Gasteiger partial charge in [0.1, 0.15) is 5.82 Å². The molecular weight excluding hydrogens is 268 g/mol. The number of hydrogen-bond acceptors (Lipinski definition) is 6. The van der Waals surface area contributed by atoms with Crippen LogP contribution in [0.15, 0.2) is 18.3 Å². The third kappa shape index (κ3) is 4.62. The van der Waals surface area contributed by atoms with E-state index in [0.717, 1.165) is 51.2 Å². The number of hydrogen-bond donors (Lipinski definition) is 1. The van der Waals surface area contributed by atoms with Gasteiger partial charge in [-0.1, -0.05) is 0 Å². The second kappa shape index (κ2) is 7.68. The molecular formula is C15H24N4O2. The fraction of sp³-hybridized carbons (Fsp3) is 0.733. The Morgan fingerprint density at radius 2 is 2.19 bits per heavy atom. The molecule has 1 aromatic rings. The number of anilines is 1. The van der Waals surface area contributed by atoms with Gasteiger partial charge in [0.25, 0.3) is 0 Å². The van der Waals surface area contributed by atoms with Crippen LogP contribution in [-0.4, -0.2) is 67.2 Å². The molecule has 3 rings (SSSR count). The summed E-state index contributed by atoms with van der Waals surface area (Å²) in [6.07, 6.45) is 4.29. The Labute approximate surface area is 125 Å². The van der Waals surface area contributed by atoms with Crippen molar-refractivity contribution in [1.29, 1.82) is 0 Å². The van der Waals surface area contributed by atoms with Gasteiger partial charge >= 0.3 is 0 Å². The molecule has 0 unspecified atom stereocenters. The smallest absolute Gasteiger partial charge is 0.148 e. The SMILES string of the molecule is c1cnnc(NC[C@H]2CN(CC3CCOCC3)CCO2)c1. The molecule has 6 heteroatoms. The summed E-state index contributed by atoms with van der Waals surface area (Å²) < 4.78 is 11.3. The van der Waals surface area contributed by atoms with Crippen LogP contribution in [-0.2, 0) is 9.47 Å². The molecule has 0 spiro atoms. The van der Waals surface area contributed by atoms with Gasteiger partial charge in [0.15, 0.2) is 0 Å². The third-order valence-corrected chi connectivity index (χ3v) is 4.16. The van der Waals surface area contributed by atoms with E-state index in [1.807, 2.05) is 12.1 Å². The quantitative estimate of drug-likeness (QED) is 0.874. The monoisotopic (exact) mass is 292 g/mol. The summed E-state index contributed by atoms with van der Waals surface area (Å²) in [4.78, 5) is 2.53. The molecule has 0 aromatic carbocycles. The van der Waals surface area contributed by atoms with Crippen LogP contribution in [0.25, 0.3) is 0 Å². The molecule has 2 aliphatic heterocycles. The zero-order valence-electron chi connectivity index (χ0n) is 12.4. The number of ether oxygens (including phenoxy) is 2. The topological polar surface area (TPSA) is 59.5 Å². The number of nitrogens with zero attached hydrogens (tertiary/aromatic N) is 3. The third-order valence-electron chi connectivity index (χ3n) is 4.16. The zero-order chi connectivity index (χ0) is 14.3. The van der Waals surface area contributed by atoms with Crippen LogP contribution in [0.3, 0.4) is 0 Å². The molecule has 2 aliphatic rings. The van der Waals surface area contributed by atoms with Crippen LogP contribution >= 0.6 is 0 Å². The zero-order valence-corrected chi connectivity index (χ0v) is 12.4. The molecule has 0 radical (unpaired) electrons. The lowest BCUT2D eigenvalue weighted by molar-refractivity contribution is -0.0333. The predicted octanol–water partition coefficient (Wildman–Crippen LogP) is 1.02. The first kappa shape index (κ1) is 14.7. The maximum atomic E-state index is 5.84. The van der Waals surface area contributed by atoms with Crippen molar-refractivity contribution in [2.45, 2.75) is 18.9 Å². The van der Waals surface area contributed by atoms with Gasteiger partial charge < -0.3 is 14.8 Å². The Morgan fingerprint density at radius 1 is 1.29 bits per heavy atom. The van der Waals surface area contributed by atoms with Gasteiger partial charge in [0, 0.05) is 45.6 Å². The average Bonchev–Trinajstić information content (AvgIpc) is 2.55. The van der Waals surface area contributed by atoms with Gasteiger partial charge in [0.2, 0.25) is 0 Å². The van der Waals surface area contributed by atoms with Crippen LogP contribution in [0, 0.1) is 5.92 Å². The van der Waals surface area contributed by atoms with E-state index >= 15 is 0 Å². The maximum Gasteiger partial charge on any atom is 0.148 e. The minimum atomic E-state index is 0.223. The van der Waals surface area contributed by atoms with Crippen LogP contribution in [0.2, 0.25) is 0 Å². The fourth-order valence-electron chi connectivity index (χ4n) is 2.98. The molecule has 6 nitrogen and oxygen atoms in total. The highest BCUT2D eigenvalue weighted by atomic mass is 16.5. The lowest BCUT2D eigenvalue weighted by Gasteiger charge is -2.36. The lowest BCUT2D eigenvalue weighted by Crippen LogP contribution is -2.47. The Balaban J connectivity index is 1.42. The van der Waals surface area contributed by atoms with Crippen molar-refractivity contribution in [2.75, 3.05) is 51.3 Å². The second-order valence-electron chi connectivity index (χ2n) is 5.80. The molecule has 1 atom stereocenters. The first-order chi connectivity index (χ1) is 10.4. The highest BCUT2D eigenvalue weighted by Crippen LogP contribution is 2.17. The van der Waals surface area contributed by atoms with Crippen LogP contribution in [0.1, 0.15) is 12.8 Å². The summed E-state index contributed by atoms with van der Waals surface area (Å²) in [5.41, 5.74) is 0. The van der Waals surface area contributed by atoms with Crippen molar-refractivity contribution < 1.29 is 9.47 Å². The predicted molar refractivity (Wildman–Crippen MR) is 80.2 cm³/mol. The van der Waals surface area contributed by atoms with Gasteiger partial charge in [-0.2, -0.15) is 5.10 Å². The lowest BCUT2D eigenvalue weighted by atomic mass is 9.99. The van der Waals surface area contributed by atoms with E-state index in [-0.39, 0.29) is 6.10 Å². The maximum absolute atomic E-state index is 5.84. The van der Waals surface area contributed by atoms with Gasteiger partial charge in [-0.25, -0.2) is 0 Å². The molecule has 0 amide bonds. The molecule has 21 heavy (non-hydrogen) atoms. The molecule has 2 saturated heterocycles. The molecule has 1 N–H and O–H groups in total. The van der Waals surface area contributed by atoms with Gasteiger partial charge in [-0.3, -0.25) is 4.90 Å². The summed E-state index contributed by atoms with van der Waals surface area (Å²) in [6, 6.07) is 3.81. The number of rotatable bonds is 5. The van der Waals surface area contributed by atoms with E-state index < -0.39 is 0 Å². The van der Waals surface area contributed by atoms with Gasteiger partial charge in [0.05, 0.1) is 12.7 Å². The highest BCUT2D eigenvalue weighted by Gasteiger charge is 2.24. The summed E-state index contributed by atoms with van der Waals surface area (Å²) in [6.45, 7) is 6.65. The first-order valence-corrected chi connectivity index (χ1v) is 7.83. The van der Waals surface area contributed by atoms with E-state index in [9.17, 15) is 0 Å². The Morgan fingerprint density at radius 3 is 3.00 bits per heavy atom. The van der Waals surface area contributed by atoms with Crippen LogP contribution < -0.4 is 5.32 Å². The fourth-order valence-corrected chi connectivity index (χ4v) is 2.98. The minimum Gasteiger partial charge on any atom is -0.381 e. The summed E-state index contributed by atoms with van der Waals surface area (Å²) >= 11 is 0. The average molecular weight is 292 g/mol. The molecule has 0 saturated carbocycles. The largest absolute Gasteiger partial charge is 0.381 e. The Bertz CT molecular complexity index is 411. The highest BCUT2D eigenvalue weighted by molar-refractivity contribution is 5.31. The van der Waals surface area contributed by atoms with Crippen molar-refractivity contribution in [2.24, 2.45) is 5.92 Å². The number of nitrogens with one attached hydrogen (secondary N) is 1. The molecule has 116 valence electrons. The van der Waals surface area contributed by atoms with Crippen LogP contribution in [0.5, 0.6) is 0 Å². The standard InChI is InChI=1S/C15H24N4O2/c1-2-15(18-17-5-1)16-10-14-12-19(6-9-21-14)11-13-3-7-20-8-4-13/h1-2,5,13-14H,3-4,6-12H2,(H,16,18)/t14-/m0/s1. The molecule has 2 fully saturated rings. The van der Waals surface area contributed by atoms with Crippen molar-refractivity contribution >= 4 is 5.82 Å². The van der Waals surface area contributed by atoms with E-state index in [1.165, 1.54) is 19.4 Å². The van der Waals surface area contributed by atoms with Crippen molar-refractivity contribution in [1.82, 2.24) is 15.1 Å². The summed E-state index contributed by atoms with van der Waals surface area (Å²) in [5.74, 6) is 1.59. The Hall–Kier alpha value is -1.24. The molecule has 1 aromatic heterocycles. The first-order valence-electron chi connectivity index (χ1n) is 7.83. The normalized spacial score (nSPS) is 24.9. The minimum absolute atomic E-state index is 0.223. The van der Waals surface area contributed by atoms with E-state index in [0.29, 0.717) is 0 Å². The molecule has 3 heterocycles. The number of morpholine rings is 1. The van der Waals surface area contributed by atoms with E-state index in [1.54, 1.807) is 6.20 Å². The van der Waals surface area contributed by atoms with Crippen molar-refractivity contribution in [3.8, 4) is 0 Å². The van der Waals surface area contributed by atoms with Crippen molar-refractivity contribution in [3.05, 3.63) is 18.3 Å². The van der Waals surface area contributed by atoms with Gasteiger partial charge in [-0.05, 0) is 30.9 Å². The van der Waals surface area contributed by atoms with E-state index in [2.05, 4.69) is 20.4 Å². The van der Waals surface area contributed by atoms with Crippen molar-refractivity contribution in [3.63, 3.8) is 0 Å².